The number of thioether (sulfide) groups is 1. The van der Waals surface area contributed by atoms with Crippen LogP contribution < -0.4 is 5.32 Å². The Labute approximate surface area is 128 Å². The first-order valence-corrected chi connectivity index (χ1v) is 7.74. The lowest BCUT2D eigenvalue weighted by molar-refractivity contribution is -0.113. The van der Waals surface area contributed by atoms with Gasteiger partial charge in [-0.05, 0) is 49.2 Å². The molecule has 0 radical (unpaired) electrons. The highest BCUT2D eigenvalue weighted by Gasteiger charge is 2.13. The number of carbonyl (C=O) groups excluding carboxylic acids is 1. The van der Waals surface area contributed by atoms with Gasteiger partial charge in [0, 0.05) is 5.69 Å². The predicted molar refractivity (Wildman–Crippen MR) is 83.5 cm³/mol. The molecule has 1 aromatic carbocycles. The van der Waals surface area contributed by atoms with Gasteiger partial charge >= 0.3 is 0 Å². The fraction of sp³-hybridized carbons (Fsp3) is 0.429. The molecule has 1 aromatic heterocycles. The summed E-state index contributed by atoms with van der Waals surface area (Å²) in [5.41, 5.74) is 2.99. The largest absolute Gasteiger partial charge is 0.325 e. The van der Waals surface area contributed by atoms with Crippen molar-refractivity contribution in [2.75, 3.05) is 11.1 Å². The molecule has 0 fully saturated rings. The average molecular weight is 305 g/mol. The normalized spacial score (nSPS) is 10.9. The van der Waals surface area contributed by atoms with Crippen LogP contribution in [0.1, 0.15) is 31.0 Å². The SMILES string of the molecule is Cc1cccc(C)c1NC(=O)CSc1nnnn1C(C)C. The van der Waals surface area contributed by atoms with Crippen LogP contribution >= 0.6 is 11.8 Å². The molecule has 0 aliphatic carbocycles. The van der Waals surface area contributed by atoms with E-state index in [1.807, 2.05) is 45.9 Å². The first kappa shape index (κ1) is 15.5. The van der Waals surface area contributed by atoms with E-state index in [2.05, 4.69) is 20.8 Å². The van der Waals surface area contributed by atoms with E-state index < -0.39 is 0 Å². The Hall–Kier alpha value is -1.89. The summed E-state index contributed by atoms with van der Waals surface area (Å²) in [5.74, 6) is 0.219. The van der Waals surface area contributed by atoms with Crippen molar-refractivity contribution in [3.05, 3.63) is 29.3 Å². The van der Waals surface area contributed by atoms with E-state index in [-0.39, 0.29) is 17.7 Å². The molecule has 21 heavy (non-hydrogen) atoms. The van der Waals surface area contributed by atoms with Crippen molar-refractivity contribution in [3.8, 4) is 0 Å². The van der Waals surface area contributed by atoms with Gasteiger partial charge < -0.3 is 5.32 Å². The van der Waals surface area contributed by atoms with Crippen LogP contribution in [0, 0.1) is 13.8 Å². The van der Waals surface area contributed by atoms with Crippen LogP contribution in [0.15, 0.2) is 23.4 Å². The number of carbonyl (C=O) groups is 1. The van der Waals surface area contributed by atoms with Crippen molar-refractivity contribution in [1.29, 1.82) is 0 Å². The second-order valence-corrected chi connectivity index (χ2v) is 6.05. The summed E-state index contributed by atoms with van der Waals surface area (Å²) in [6.45, 7) is 7.96. The van der Waals surface area contributed by atoms with Gasteiger partial charge in [-0.3, -0.25) is 4.79 Å². The van der Waals surface area contributed by atoms with Crippen LogP contribution in [0.2, 0.25) is 0 Å². The first-order chi connectivity index (χ1) is 9.99. The Kier molecular flexibility index (Phi) is 4.95. The Morgan fingerprint density at radius 3 is 2.62 bits per heavy atom. The van der Waals surface area contributed by atoms with E-state index in [1.165, 1.54) is 11.8 Å². The Morgan fingerprint density at radius 1 is 1.33 bits per heavy atom. The standard InChI is InChI=1S/C14H19N5OS/c1-9(2)19-14(16-17-18-19)21-8-12(20)15-13-10(3)6-5-7-11(13)4/h5-7,9H,8H2,1-4H3,(H,15,20). The smallest absolute Gasteiger partial charge is 0.234 e. The highest BCUT2D eigenvalue weighted by Crippen LogP contribution is 2.21. The number of nitrogens with one attached hydrogen (secondary N) is 1. The molecule has 0 unspecified atom stereocenters. The van der Waals surface area contributed by atoms with Gasteiger partial charge in [0.1, 0.15) is 0 Å². The number of rotatable bonds is 5. The van der Waals surface area contributed by atoms with Gasteiger partial charge in [-0.2, -0.15) is 0 Å². The summed E-state index contributed by atoms with van der Waals surface area (Å²) in [7, 11) is 0. The van der Waals surface area contributed by atoms with Gasteiger partial charge in [-0.25, -0.2) is 4.68 Å². The summed E-state index contributed by atoms with van der Waals surface area (Å²) < 4.78 is 1.71. The number of amides is 1. The van der Waals surface area contributed by atoms with Gasteiger partial charge in [0.25, 0.3) is 0 Å². The van der Waals surface area contributed by atoms with E-state index in [4.69, 9.17) is 0 Å². The molecule has 112 valence electrons. The summed E-state index contributed by atoms with van der Waals surface area (Å²) in [5, 5.41) is 15.1. The van der Waals surface area contributed by atoms with Gasteiger partial charge in [-0.15, -0.1) is 5.10 Å². The zero-order valence-electron chi connectivity index (χ0n) is 12.6. The van der Waals surface area contributed by atoms with E-state index in [0.717, 1.165) is 16.8 Å². The Balaban J connectivity index is 1.98. The molecule has 2 rings (SSSR count). The van der Waals surface area contributed by atoms with Crippen LogP contribution in [-0.4, -0.2) is 31.9 Å². The van der Waals surface area contributed by atoms with Gasteiger partial charge in [0.15, 0.2) is 0 Å². The number of para-hydroxylation sites is 1. The molecule has 0 spiro atoms. The van der Waals surface area contributed by atoms with Gasteiger partial charge in [0.2, 0.25) is 11.1 Å². The van der Waals surface area contributed by atoms with Crippen molar-refractivity contribution >= 4 is 23.4 Å². The van der Waals surface area contributed by atoms with Crippen LogP contribution in [0.5, 0.6) is 0 Å². The molecule has 0 bridgehead atoms. The molecule has 2 aromatic rings. The maximum atomic E-state index is 12.1. The fourth-order valence-electron chi connectivity index (χ4n) is 1.92. The third-order valence-electron chi connectivity index (χ3n) is 3.03. The second kappa shape index (κ2) is 6.71. The summed E-state index contributed by atoms with van der Waals surface area (Å²) >= 11 is 1.34. The highest BCUT2D eigenvalue weighted by molar-refractivity contribution is 7.99. The fourth-order valence-corrected chi connectivity index (χ4v) is 2.73. The minimum absolute atomic E-state index is 0.0595. The zero-order valence-corrected chi connectivity index (χ0v) is 13.4. The minimum atomic E-state index is -0.0595. The molecular weight excluding hydrogens is 286 g/mol. The zero-order chi connectivity index (χ0) is 15.4. The predicted octanol–water partition coefficient (Wildman–Crippen LogP) is 2.60. The number of nitrogens with zero attached hydrogens (tertiary/aromatic N) is 4. The molecule has 0 atom stereocenters. The van der Waals surface area contributed by atoms with Crippen molar-refractivity contribution < 1.29 is 4.79 Å². The maximum absolute atomic E-state index is 12.1. The number of hydrogen-bond donors (Lipinski definition) is 1. The second-order valence-electron chi connectivity index (χ2n) is 5.10. The molecule has 7 heteroatoms. The average Bonchev–Trinajstić information content (AvgIpc) is 2.89. The first-order valence-electron chi connectivity index (χ1n) is 6.75. The van der Waals surface area contributed by atoms with E-state index in [9.17, 15) is 4.79 Å². The number of aryl methyl sites for hydroxylation is 2. The molecule has 0 aliphatic heterocycles. The van der Waals surface area contributed by atoms with Gasteiger partial charge in [0.05, 0.1) is 11.8 Å². The molecule has 0 saturated carbocycles. The molecule has 1 amide bonds. The number of tetrazole rings is 1. The molecule has 0 saturated heterocycles. The van der Waals surface area contributed by atoms with Crippen LogP contribution in [0.3, 0.4) is 0 Å². The molecular formula is C14H19N5OS. The number of benzene rings is 1. The minimum Gasteiger partial charge on any atom is -0.325 e. The monoisotopic (exact) mass is 305 g/mol. The van der Waals surface area contributed by atoms with Crippen LogP contribution in [0.25, 0.3) is 0 Å². The number of anilines is 1. The van der Waals surface area contributed by atoms with E-state index >= 15 is 0 Å². The summed E-state index contributed by atoms with van der Waals surface area (Å²) in [6, 6.07) is 6.11. The lowest BCUT2D eigenvalue weighted by Crippen LogP contribution is -2.16. The van der Waals surface area contributed by atoms with Crippen molar-refractivity contribution in [2.45, 2.75) is 38.9 Å². The lowest BCUT2D eigenvalue weighted by Gasteiger charge is -2.11. The van der Waals surface area contributed by atoms with Crippen LogP contribution in [-0.2, 0) is 4.79 Å². The van der Waals surface area contributed by atoms with Crippen molar-refractivity contribution in [1.82, 2.24) is 20.2 Å². The van der Waals surface area contributed by atoms with E-state index in [1.54, 1.807) is 4.68 Å². The Morgan fingerprint density at radius 2 is 2.00 bits per heavy atom. The highest BCUT2D eigenvalue weighted by atomic mass is 32.2. The lowest BCUT2D eigenvalue weighted by atomic mass is 10.1. The quantitative estimate of drug-likeness (QED) is 0.860. The number of hydrogen-bond acceptors (Lipinski definition) is 5. The molecule has 0 aliphatic rings. The third kappa shape index (κ3) is 3.81. The van der Waals surface area contributed by atoms with Crippen LogP contribution in [0.4, 0.5) is 5.69 Å². The van der Waals surface area contributed by atoms with Gasteiger partial charge in [-0.1, -0.05) is 30.0 Å². The van der Waals surface area contributed by atoms with Crippen molar-refractivity contribution in [2.24, 2.45) is 0 Å². The summed E-state index contributed by atoms with van der Waals surface area (Å²) in [6.07, 6.45) is 0. The molecule has 1 heterocycles. The number of aromatic nitrogens is 4. The Bertz CT molecular complexity index is 618. The summed E-state index contributed by atoms with van der Waals surface area (Å²) in [4.78, 5) is 12.1. The maximum Gasteiger partial charge on any atom is 0.234 e. The van der Waals surface area contributed by atoms with Crippen molar-refractivity contribution in [3.63, 3.8) is 0 Å². The molecule has 6 nitrogen and oxygen atoms in total. The molecule has 1 N–H and O–H groups in total. The topological polar surface area (TPSA) is 72.7 Å². The third-order valence-corrected chi connectivity index (χ3v) is 3.96. The van der Waals surface area contributed by atoms with E-state index in [0.29, 0.717) is 5.16 Å².